The van der Waals surface area contributed by atoms with Crippen molar-refractivity contribution in [1.82, 2.24) is 0 Å². The molecule has 11 heteroatoms. The van der Waals surface area contributed by atoms with Gasteiger partial charge in [-0.05, 0) is 56.7 Å². The maximum absolute atomic E-state index is 10.8. The molecular formula is C30H26ClNaO9. The Morgan fingerprint density at radius 1 is 0.878 bits per heavy atom. The number of benzene rings is 3. The molecule has 0 aliphatic heterocycles. The second kappa shape index (κ2) is 17.9. The van der Waals surface area contributed by atoms with E-state index in [4.69, 9.17) is 23.3 Å². The number of aryl methyl sites for hydroxylation is 2. The van der Waals surface area contributed by atoms with E-state index in [2.05, 4.69) is 6.58 Å². The van der Waals surface area contributed by atoms with Crippen LogP contribution in [0, 0.1) is 25.2 Å². The van der Waals surface area contributed by atoms with Crippen molar-refractivity contribution in [2.24, 2.45) is 0 Å². The molecule has 0 aliphatic carbocycles. The molecule has 0 unspecified atom stereocenters. The molecule has 9 nitrogen and oxygen atoms in total. The molecule has 208 valence electrons. The zero-order valence-corrected chi connectivity index (χ0v) is 25.4. The Hall–Kier alpha value is -3.70. The van der Waals surface area contributed by atoms with Crippen molar-refractivity contribution in [3.63, 3.8) is 0 Å². The molecule has 5 rings (SSSR count). The van der Waals surface area contributed by atoms with Gasteiger partial charge in [-0.2, -0.15) is 0 Å². The molecule has 0 fully saturated rings. The van der Waals surface area contributed by atoms with Crippen LogP contribution in [0.25, 0.3) is 21.9 Å². The summed E-state index contributed by atoms with van der Waals surface area (Å²) < 4.78 is 27.1. The molecule has 0 spiro atoms. The molecule has 2 N–H and O–H groups in total. The van der Waals surface area contributed by atoms with Gasteiger partial charge in [0.05, 0.1) is 16.9 Å². The molecule has 0 saturated heterocycles. The minimum absolute atomic E-state index is 0. The topological polar surface area (TPSA) is 164 Å². The van der Waals surface area contributed by atoms with E-state index in [1.54, 1.807) is 61.5 Å². The van der Waals surface area contributed by atoms with Crippen LogP contribution in [0.4, 0.5) is 0 Å². The second-order valence-electron chi connectivity index (χ2n) is 8.13. The number of carbonyl (C=O) groups excluding carboxylic acids is 2. The zero-order valence-electron chi connectivity index (χ0n) is 22.6. The van der Waals surface area contributed by atoms with Gasteiger partial charge < -0.3 is 28.4 Å². The van der Waals surface area contributed by atoms with E-state index >= 15 is 0 Å². The molecule has 41 heavy (non-hydrogen) atoms. The number of halogens is 1. The number of hydrogen-bond donors (Lipinski definition) is 2. The number of aromatic hydroxyl groups is 1. The summed E-state index contributed by atoms with van der Waals surface area (Å²) in [5.41, 5.74) is 3.53. The first-order valence-electron chi connectivity index (χ1n) is 11.6. The van der Waals surface area contributed by atoms with Crippen molar-refractivity contribution >= 4 is 40.5 Å². The molecule has 0 amide bonds. The smallest absolute Gasteiger partial charge is 0.544 e. The molecule has 0 bridgehead atoms. The fourth-order valence-electron chi connectivity index (χ4n) is 3.76. The van der Waals surface area contributed by atoms with Crippen LogP contribution in [0.2, 0.25) is 0 Å². The van der Waals surface area contributed by atoms with Crippen molar-refractivity contribution in [2.45, 2.75) is 20.3 Å². The number of hydrogen-bond acceptors (Lipinski definition) is 8. The fourth-order valence-corrected chi connectivity index (χ4v) is 3.76. The van der Waals surface area contributed by atoms with Gasteiger partial charge in [0.2, 0.25) is 0 Å². The Labute approximate surface area is 262 Å². The predicted molar refractivity (Wildman–Crippen MR) is 142 cm³/mol. The molecule has 2 heterocycles. The van der Waals surface area contributed by atoms with Crippen molar-refractivity contribution in [3.8, 4) is 5.75 Å². The van der Waals surface area contributed by atoms with Gasteiger partial charge >= 0.3 is 35.5 Å². The van der Waals surface area contributed by atoms with E-state index in [1.807, 2.05) is 25.1 Å². The van der Waals surface area contributed by atoms with Gasteiger partial charge in [0.15, 0.2) is 6.29 Å². The number of aromatic carboxylic acids is 1. The number of phenolic OH excluding ortho intramolecular Hbond substituents is 1. The first kappa shape index (κ1) is 35.3. The fraction of sp³-hybridized carbons (Fsp3) is 0.100. The molecule has 0 saturated carbocycles. The van der Waals surface area contributed by atoms with E-state index in [0.29, 0.717) is 34.1 Å². The molecule has 0 radical (unpaired) electrons. The Bertz CT molecular complexity index is 1600. The van der Waals surface area contributed by atoms with Crippen molar-refractivity contribution in [1.29, 1.82) is 0 Å². The quantitative estimate of drug-likeness (QED) is 0.176. The monoisotopic (exact) mass is 588 g/mol. The summed E-state index contributed by atoms with van der Waals surface area (Å²) in [4.78, 5) is 31.9. The minimum Gasteiger partial charge on any atom is -0.544 e. The predicted octanol–water partition coefficient (Wildman–Crippen LogP) is 1.55. The van der Waals surface area contributed by atoms with Crippen molar-refractivity contribution in [3.05, 3.63) is 113 Å². The molecular weight excluding hydrogens is 563 g/mol. The Morgan fingerprint density at radius 2 is 1.37 bits per heavy atom. The van der Waals surface area contributed by atoms with Gasteiger partial charge in [0.25, 0.3) is 0 Å². The van der Waals surface area contributed by atoms with E-state index in [-0.39, 0.29) is 40.9 Å². The number of carboxylic acids is 1. The van der Waals surface area contributed by atoms with Crippen LogP contribution < -0.4 is 38.9 Å². The summed E-state index contributed by atoms with van der Waals surface area (Å²) >= 11 is -0.417. The average Bonchev–Trinajstić information content (AvgIpc) is 3.51. The summed E-state index contributed by atoms with van der Waals surface area (Å²) in [6, 6.07) is 18.9. The molecule has 2 aromatic heterocycles. The number of aldehydes is 2. The second-order valence-corrected chi connectivity index (χ2v) is 8.26. The van der Waals surface area contributed by atoms with E-state index in [9.17, 15) is 19.5 Å². The Balaban J connectivity index is 0.000000290. The number of fused-ring (bicyclic) bond motifs is 2. The zero-order chi connectivity index (χ0) is 29.7. The largest absolute Gasteiger partial charge is 1.00 e. The maximum atomic E-state index is 10.8. The van der Waals surface area contributed by atoms with Crippen LogP contribution in [0.3, 0.4) is 0 Å². The van der Waals surface area contributed by atoms with Crippen LogP contribution in [0.5, 0.6) is 5.75 Å². The number of furan rings is 2. The summed E-state index contributed by atoms with van der Waals surface area (Å²) in [6.45, 7) is 7.21. The molecule has 0 atom stereocenters. The summed E-state index contributed by atoms with van der Waals surface area (Å²) in [5, 5.41) is 19.8. The first-order chi connectivity index (χ1) is 19.2. The number of rotatable bonds is 5. The van der Waals surface area contributed by atoms with Crippen LogP contribution >= 0.6 is 0 Å². The maximum Gasteiger partial charge on any atom is 1.00 e. The summed E-state index contributed by atoms with van der Waals surface area (Å²) in [6.07, 6.45) is 3.75. The third-order valence-corrected chi connectivity index (χ3v) is 5.42. The van der Waals surface area contributed by atoms with Gasteiger partial charge in [0, 0.05) is 27.5 Å². The van der Waals surface area contributed by atoms with Gasteiger partial charge in [-0.1, -0.05) is 36.4 Å². The van der Waals surface area contributed by atoms with Gasteiger partial charge in [-0.25, -0.2) is 4.79 Å². The normalized spacial score (nSPS) is 9.56. The summed E-state index contributed by atoms with van der Waals surface area (Å²) in [5.74, 6) is 0.786. The van der Waals surface area contributed by atoms with Gasteiger partial charge in [0.1, 0.15) is 34.7 Å². The number of allylic oxidation sites excluding steroid dienone is 1. The van der Waals surface area contributed by atoms with E-state index in [0.717, 1.165) is 35.1 Å². The summed E-state index contributed by atoms with van der Waals surface area (Å²) in [7, 11) is 0. The van der Waals surface area contributed by atoms with E-state index < -0.39 is 17.3 Å². The molecule has 0 aliphatic rings. The van der Waals surface area contributed by atoms with Crippen molar-refractivity contribution < 1.29 is 83.6 Å². The number of carbonyl (C=O) groups is 3. The van der Waals surface area contributed by atoms with E-state index in [1.165, 1.54) is 0 Å². The SMILES string of the molecule is C=CCc1c(O)cccc1C=O.Cc1cc2c(C(=O)O)cccc2o1.Cc1cc2c(C=O)cccc2o1.[Na+].[O-][Cl+][O-]. The third-order valence-electron chi connectivity index (χ3n) is 5.42. The van der Waals surface area contributed by atoms with Crippen LogP contribution in [0.1, 0.15) is 48.2 Å². The molecule has 5 aromatic rings. The Morgan fingerprint density at radius 3 is 1.90 bits per heavy atom. The van der Waals surface area contributed by atoms with Gasteiger partial charge in [-0.3, -0.25) is 9.59 Å². The standard InChI is InChI=1S/C10H8O3.C10H8O2.C10H10O2.ClO2.Na/c1-6-5-8-7(10(11)12)3-2-4-9(8)13-6;1-7-5-9-8(6-11)3-2-4-10(9)12-7;1-2-4-9-8(7-11)5-3-6-10(9)12;2-1-3;/h2-5H,1H3,(H,11,12);2-6H,1H3;2-3,5-7,12H,1,4H2;;/q;;;-1;+1. The number of phenols is 1. The first-order valence-corrected chi connectivity index (χ1v) is 12.2. The molecule has 3 aromatic carbocycles. The van der Waals surface area contributed by atoms with Crippen LogP contribution in [-0.4, -0.2) is 28.8 Å². The average molecular weight is 589 g/mol. The van der Waals surface area contributed by atoms with Gasteiger partial charge in [-0.15, -0.1) is 6.58 Å². The Kier molecular flexibility index (Phi) is 15.4. The third kappa shape index (κ3) is 10.0. The number of carboxylic acid groups (broad SMARTS) is 1. The minimum atomic E-state index is -0.925. The van der Waals surface area contributed by atoms with Crippen LogP contribution in [-0.2, 0) is 6.42 Å². The van der Waals surface area contributed by atoms with Crippen LogP contribution in [0.15, 0.2) is 88.2 Å². The van der Waals surface area contributed by atoms with Crippen molar-refractivity contribution in [2.75, 3.05) is 0 Å².